The van der Waals surface area contributed by atoms with E-state index in [9.17, 15) is 33.7 Å². The molecule has 0 aliphatic heterocycles. The van der Waals surface area contributed by atoms with Gasteiger partial charge in [-0.05, 0) is 38.5 Å². The van der Waals surface area contributed by atoms with Crippen molar-refractivity contribution in [1.29, 1.82) is 0 Å². The van der Waals surface area contributed by atoms with Crippen LogP contribution in [0.25, 0.3) is 8.25 Å². The van der Waals surface area contributed by atoms with Crippen LogP contribution in [0.1, 0.15) is 259 Å². The van der Waals surface area contributed by atoms with Gasteiger partial charge in [0.25, 0.3) is 0 Å². The number of halogens is 1. The molecule has 2 heterocycles. The summed E-state index contributed by atoms with van der Waals surface area (Å²) in [5, 5.41) is 0. The van der Waals surface area contributed by atoms with Gasteiger partial charge in [0.05, 0.1) is 66.3 Å². The van der Waals surface area contributed by atoms with E-state index in [-0.39, 0.29) is 68.4 Å². The Balaban J connectivity index is -0.000000488. The molecule has 74 heavy (non-hydrogen) atoms. The van der Waals surface area contributed by atoms with Crippen LogP contribution in [-0.2, 0) is 66.3 Å². The molecule has 0 spiro atoms. The molecular formula is C54H110BrKN6O8S4. The predicted molar refractivity (Wildman–Crippen MR) is 304 cm³/mol. The van der Waals surface area contributed by atoms with Gasteiger partial charge in [-0.25, -0.2) is 51.9 Å². The van der Waals surface area contributed by atoms with E-state index in [0.717, 1.165) is 0 Å². The van der Waals surface area contributed by atoms with Crippen molar-refractivity contribution in [1.82, 2.24) is 9.13 Å². The normalized spacial score (nSPS) is 11.6. The molecule has 2 aromatic rings. The number of hydrogen-bond acceptors (Lipinski definition) is 8. The van der Waals surface area contributed by atoms with Gasteiger partial charge in [0.1, 0.15) is 24.8 Å². The Morgan fingerprint density at radius 1 is 0.324 bits per heavy atom. The van der Waals surface area contributed by atoms with E-state index < -0.39 is 40.1 Å². The van der Waals surface area contributed by atoms with Crippen LogP contribution in [0.2, 0.25) is 0 Å². The van der Waals surface area contributed by atoms with Crippen molar-refractivity contribution in [2.24, 2.45) is 0 Å². The molecule has 0 atom stereocenters. The third-order valence-corrected chi connectivity index (χ3v) is 16.4. The first kappa shape index (κ1) is 80.7. The first-order valence-electron chi connectivity index (χ1n) is 28.5. The molecule has 0 aliphatic rings. The predicted octanol–water partition coefficient (Wildman–Crippen LogP) is 8.24. The summed E-state index contributed by atoms with van der Waals surface area (Å²) in [7, 11) is -15.0. The van der Waals surface area contributed by atoms with E-state index in [2.05, 4.69) is 91.7 Å². The van der Waals surface area contributed by atoms with Gasteiger partial charge in [-0.2, -0.15) is 0 Å². The number of nitrogens with zero attached hydrogens (tertiary/aromatic N) is 6. The van der Waals surface area contributed by atoms with Gasteiger partial charge in [0.15, 0.2) is 0 Å². The fraction of sp³-hybridized carbons (Fsp3) is 0.889. The minimum absolute atomic E-state index is 0. The van der Waals surface area contributed by atoms with E-state index in [1.165, 1.54) is 257 Å². The Morgan fingerprint density at radius 2 is 0.514 bits per heavy atom. The molecule has 0 aliphatic carbocycles. The smallest absolute Gasteiger partial charge is 1.00 e. The molecule has 0 N–H and O–H groups in total. The van der Waals surface area contributed by atoms with E-state index >= 15 is 0 Å². The number of rotatable bonds is 44. The molecule has 0 amide bonds. The Labute approximate surface area is 510 Å². The van der Waals surface area contributed by atoms with Gasteiger partial charge in [0.2, 0.25) is 12.7 Å². The summed E-state index contributed by atoms with van der Waals surface area (Å²) in [6.45, 7) is 13.8. The monoisotopic (exact) mass is 1220 g/mol. The van der Waals surface area contributed by atoms with Crippen molar-refractivity contribution in [3.63, 3.8) is 0 Å². The fourth-order valence-corrected chi connectivity index (χ4v) is 12.2. The minimum Gasteiger partial charge on any atom is -1.00 e. The van der Waals surface area contributed by atoms with Crippen LogP contribution in [0.5, 0.6) is 0 Å². The standard InChI is InChI=1S/2C25H49N2.2C2H6NO4S2.BrH.K/c2*1-3-5-7-8-9-10-11-12-13-14-15-16-17-18-19-20-22-27-24-23-26(25-27)21-6-4-2;2*1-8(4,5)3-9(2,6)7;;/h2*23-25H,3-22H2,1-2H3;2*1-2H3;1H;/q2*+1;2*-1;;+1/p-1. The molecule has 2 aromatic heterocycles. The number of hydrogen-bond donors (Lipinski definition) is 0. The summed E-state index contributed by atoms with van der Waals surface area (Å²) in [5.41, 5.74) is 0. The summed E-state index contributed by atoms with van der Waals surface area (Å²) < 4.78 is 95.2. The summed E-state index contributed by atoms with van der Waals surface area (Å²) in [5.74, 6) is 0. The van der Waals surface area contributed by atoms with Crippen molar-refractivity contribution >= 4 is 40.1 Å². The molecule has 0 saturated carbocycles. The molecule has 0 bridgehead atoms. The molecule has 2 rings (SSSR count). The second kappa shape index (κ2) is 53.9. The van der Waals surface area contributed by atoms with Crippen molar-refractivity contribution in [3.05, 3.63) is 45.7 Å². The van der Waals surface area contributed by atoms with E-state index in [1.807, 2.05) is 0 Å². The zero-order chi connectivity index (χ0) is 54.3. The summed E-state index contributed by atoms with van der Waals surface area (Å²) in [4.78, 5) is 0. The Bertz CT molecular complexity index is 1770. The van der Waals surface area contributed by atoms with E-state index in [1.54, 1.807) is 0 Å². The molecule has 20 heteroatoms. The van der Waals surface area contributed by atoms with Crippen LogP contribution >= 0.6 is 0 Å². The molecule has 0 saturated heterocycles. The second-order valence-electron chi connectivity index (χ2n) is 20.2. The molecular weight excluding hydrogens is 1110 g/mol. The van der Waals surface area contributed by atoms with Crippen LogP contribution in [0.15, 0.2) is 37.4 Å². The third-order valence-electron chi connectivity index (χ3n) is 12.1. The van der Waals surface area contributed by atoms with Crippen LogP contribution in [0.3, 0.4) is 0 Å². The maximum atomic E-state index is 10.1. The zero-order valence-corrected chi connectivity index (χ0v) is 56.7. The fourth-order valence-electron chi connectivity index (χ4n) is 8.26. The SMILES string of the molecule is CCCCCCCCCCCCCCCCCC[n+]1ccn(CCCC)c1.CCCCCCCCCCCCCCCCCC[n+]1ccn(CCCC)c1.CS(=O)(=O)[N-]S(C)(=O)=O.CS(=O)(=O)[N-]S(C)(=O)=O.[Br-].[K+]. The zero-order valence-electron chi connectivity index (χ0n) is 48.7. The average Bonchev–Trinajstić information content (AvgIpc) is 3.95. The molecule has 0 radical (unpaired) electrons. The number of aromatic nitrogens is 4. The summed E-state index contributed by atoms with van der Waals surface area (Å²) >= 11 is 0. The molecule has 14 nitrogen and oxygen atoms in total. The Morgan fingerprint density at radius 3 is 0.689 bits per heavy atom. The maximum absolute atomic E-state index is 10.1. The van der Waals surface area contributed by atoms with E-state index in [4.69, 9.17) is 0 Å². The number of aryl methyl sites for hydroxylation is 4. The first-order valence-corrected chi connectivity index (χ1v) is 35.9. The second-order valence-corrected chi connectivity index (χ2v) is 27.2. The van der Waals surface area contributed by atoms with Crippen LogP contribution in [-0.4, -0.2) is 67.8 Å². The Hall–Kier alpha value is 0.256. The van der Waals surface area contributed by atoms with Gasteiger partial charge >= 0.3 is 51.4 Å². The maximum Gasteiger partial charge on any atom is 1.00 e. The topological polar surface area (TPSA) is 182 Å². The number of imidazole rings is 2. The van der Waals surface area contributed by atoms with Gasteiger partial charge in [-0.1, -0.05) is 220 Å². The van der Waals surface area contributed by atoms with Crippen molar-refractivity contribution in [3.8, 4) is 0 Å². The van der Waals surface area contributed by atoms with Crippen molar-refractivity contribution in [2.75, 3.05) is 25.0 Å². The summed E-state index contributed by atoms with van der Waals surface area (Å²) in [6, 6.07) is 0. The van der Waals surface area contributed by atoms with Crippen LogP contribution < -0.4 is 77.5 Å². The molecule has 0 unspecified atom stereocenters. The van der Waals surface area contributed by atoms with Crippen molar-refractivity contribution < 1.29 is 111 Å². The third kappa shape index (κ3) is 66.5. The quantitative estimate of drug-likeness (QED) is 0.0361. The number of unbranched alkanes of at least 4 members (excludes halogenated alkanes) is 32. The van der Waals surface area contributed by atoms with Crippen LogP contribution in [0.4, 0.5) is 0 Å². The molecule has 0 aromatic carbocycles. The van der Waals surface area contributed by atoms with Gasteiger partial charge in [-0.3, -0.25) is 0 Å². The summed E-state index contributed by atoms with van der Waals surface area (Å²) in [6.07, 6.45) is 67.7. The van der Waals surface area contributed by atoms with Gasteiger partial charge in [-0.15, -0.1) is 0 Å². The van der Waals surface area contributed by atoms with Gasteiger partial charge < -0.3 is 25.2 Å². The average molecular weight is 1220 g/mol. The van der Waals surface area contributed by atoms with Gasteiger partial charge in [0, 0.05) is 25.0 Å². The van der Waals surface area contributed by atoms with Crippen LogP contribution in [0, 0.1) is 0 Å². The Kier molecular flexibility index (Phi) is 58.8. The largest absolute Gasteiger partial charge is 1.00 e. The first-order chi connectivity index (χ1) is 34.1. The molecule has 436 valence electrons. The van der Waals surface area contributed by atoms with E-state index in [0.29, 0.717) is 25.0 Å². The minimum atomic E-state index is -3.74. The van der Waals surface area contributed by atoms with Crippen molar-refractivity contribution in [2.45, 2.75) is 285 Å². The molecule has 0 fully saturated rings. The number of sulfonamides is 4.